The molecule has 1 atom stereocenters. The Bertz CT molecular complexity index is 314. The van der Waals surface area contributed by atoms with Crippen LogP contribution in [-0.4, -0.2) is 11.3 Å². The summed E-state index contributed by atoms with van der Waals surface area (Å²) in [7, 11) is 0. The van der Waals surface area contributed by atoms with Crippen LogP contribution in [0.4, 0.5) is 0 Å². The van der Waals surface area contributed by atoms with Crippen LogP contribution in [0.15, 0.2) is 30.3 Å². The predicted molar refractivity (Wildman–Crippen MR) is 58.2 cm³/mol. The number of rotatable bonds is 3. The number of benzene rings is 1. The van der Waals surface area contributed by atoms with Crippen LogP contribution in [0.3, 0.4) is 0 Å². The maximum absolute atomic E-state index is 12.0. The quantitative estimate of drug-likeness (QED) is 0.744. The van der Waals surface area contributed by atoms with Crippen LogP contribution < -0.4 is 5.73 Å². The molecule has 2 nitrogen and oxygen atoms in total. The zero-order chi connectivity index (χ0) is 10.8. The highest BCUT2D eigenvalue weighted by Gasteiger charge is 2.32. The third-order valence-electron chi connectivity index (χ3n) is 2.72. The van der Waals surface area contributed by atoms with E-state index in [9.17, 15) is 4.79 Å². The number of ketones is 1. The molecule has 0 spiro atoms. The van der Waals surface area contributed by atoms with Gasteiger partial charge in [0.25, 0.3) is 0 Å². The van der Waals surface area contributed by atoms with E-state index < -0.39 is 5.54 Å². The van der Waals surface area contributed by atoms with Gasteiger partial charge in [0, 0.05) is 5.56 Å². The van der Waals surface area contributed by atoms with Gasteiger partial charge in [0.1, 0.15) is 0 Å². The molecule has 0 fully saturated rings. The molecule has 0 aliphatic carbocycles. The van der Waals surface area contributed by atoms with E-state index in [1.807, 2.05) is 32.0 Å². The minimum absolute atomic E-state index is 0.00750. The number of hydrogen-bond acceptors (Lipinski definition) is 2. The van der Waals surface area contributed by atoms with Crippen LogP contribution in [0.5, 0.6) is 0 Å². The lowest BCUT2D eigenvalue weighted by Crippen LogP contribution is -2.49. The van der Waals surface area contributed by atoms with Crippen molar-refractivity contribution in [1.82, 2.24) is 0 Å². The lowest BCUT2D eigenvalue weighted by Gasteiger charge is -2.27. The number of nitrogens with two attached hydrogens (primary N) is 1. The molecule has 0 amide bonds. The fraction of sp³-hybridized carbons (Fsp3) is 0.417. The summed E-state index contributed by atoms with van der Waals surface area (Å²) in [5.74, 6) is 0.142. The third kappa shape index (κ3) is 2.02. The molecular weight excluding hydrogens is 174 g/mol. The number of Topliss-reactive ketones (excluding diaryl/α,β-unsaturated/α-hetero) is 1. The van der Waals surface area contributed by atoms with Gasteiger partial charge in [0.2, 0.25) is 0 Å². The Morgan fingerprint density at radius 1 is 1.29 bits per heavy atom. The summed E-state index contributed by atoms with van der Waals surface area (Å²) >= 11 is 0. The van der Waals surface area contributed by atoms with Gasteiger partial charge in [-0.1, -0.05) is 44.2 Å². The van der Waals surface area contributed by atoms with Crippen LogP contribution in [0.2, 0.25) is 0 Å². The van der Waals surface area contributed by atoms with Crippen molar-refractivity contribution in [2.75, 3.05) is 0 Å². The SMILES string of the molecule is CC(C)C(C)(N)C(=O)c1ccccc1. The summed E-state index contributed by atoms with van der Waals surface area (Å²) in [6.07, 6.45) is 0. The average Bonchev–Trinajstić information content (AvgIpc) is 2.17. The fourth-order valence-corrected chi connectivity index (χ4v) is 1.16. The highest BCUT2D eigenvalue weighted by Crippen LogP contribution is 2.18. The van der Waals surface area contributed by atoms with Gasteiger partial charge in [0.15, 0.2) is 5.78 Å². The molecule has 76 valence electrons. The van der Waals surface area contributed by atoms with E-state index in [0.29, 0.717) is 5.56 Å². The fourth-order valence-electron chi connectivity index (χ4n) is 1.16. The molecule has 1 aromatic rings. The normalized spacial score (nSPS) is 15.2. The van der Waals surface area contributed by atoms with E-state index in [4.69, 9.17) is 5.73 Å². The topological polar surface area (TPSA) is 43.1 Å². The summed E-state index contributed by atoms with van der Waals surface area (Å²) in [5.41, 5.74) is 5.90. The Balaban J connectivity index is 2.97. The van der Waals surface area contributed by atoms with E-state index in [1.165, 1.54) is 0 Å². The van der Waals surface area contributed by atoms with Gasteiger partial charge >= 0.3 is 0 Å². The first-order valence-corrected chi connectivity index (χ1v) is 4.85. The van der Waals surface area contributed by atoms with Crippen molar-refractivity contribution in [1.29, 1.82) is 0 Å². The second-order valence-corrected chi connectivity index (χ2v) is 4.13. The van der Waals surface area contributed by atoms with Crippen molar-refractivity contribution in [3.63, 3.8) is 0 Å². The zero-order valence-corrected chi connectivity index (χ0v) is 8.95. The Morgan fingerprint density at radius 3 is 2.21 bits per heavy atom. The highest BCUT2D eigenvalue weighted by molar-refractivity contribution is 6.02. The molecule has 1 aromatic carbocycles. The van der Waals surface area contributed by atoms with Crippen molar-refractivity contribution < 1.29 is 4.79 Å². The van der Waals surface area contributed by atoms with Crippen molar-refractivity contribution in [3.05, 3.63) is 35.9 Å². The van der Waals surface area contributed by atoms with Gasteiger partial charge in [-0.2, -0.15) is 0 Å². The lowest BCUT2D eigenvalue weighted by molar-refractivity contribution is 0.0861. The van der Waals surface area contributed by atoms with Gasteiger partial charge in [0.05, 0.1) is 5.54 Å². The molecule has 0 bridgehead atoms. The van der Waals surface area contributed by atoms with Gasteiger partial charge < -0.3 is 5.73 Å². The van der Waals surface area contributed by atoms with Gasteiger partial charge in [-0.05, 0) is 12.8 Å². The second-order valence-electron chi connectivity index (χ2n) is 4.13. The second kappa shape index (κ2) is 3.93. The van der Waals surface area contributed by atoms with Gasteiger partial charge in [-0.15, -0.1) is 0 Å². The molecule has 14 heavy (non-hydrogen) atoms. The summed E-state index contributed by atoms with van der Waals surface area (Å²) in [4.78, 5) is 12.0. The number of hydrogen-bond donors (Lipinski definition) is 1. The predicted octanol–water partition coefficient (Wildman–Crippen LogP) is 2.24. The molecule has 0 aliphatic rings. The van der Waals surface area contributed by atoms with Crippen LogP contribution in [-0.2, 0) is 0 Å². The van der Waals surface area contributed by atoms with Crippen molar-refractivity contribution >= 4 is 5.78 Å². The van der Waals surface area contributed by atoms with Gasteiger partial charge in [-0.3, -0.25) is 4.79 Å². The summed E-state index contributed by atoms with van der Waals surface area (Å²) in [6, 6.07) is 9.19. The minimum atomic E-state index is -0.776. The lowest BCUT2D eigenvalue weighted by atomic mass is 9.82. The molecule has 0 saturated heterocycles. The smallest absolute Gasteiger partial charge is 0.182 e. The Morgan fingerprint density at radius 2 is 1.79 bits per heavy atom. The van der Waals surface area contributed by atoms with Crippen molar-refractivity contribution in [3.8, 4) is 0 Å². The largest absolute Gasteiger partial charge is 0.319 e. The summed E-state index contributed by atoms with van der Waals surface area (Å²) < 4.78 is 0. The van der Waals surface area contributed by atoms with Crippen LogP contribution in [0.25, 0.3) is 0 Å². The molecule has 2 heteroatoms. The first-order valence-electron chi connectivity index (χ1n) is 4.85. The van der Waals surface area contributed by atoms with Crippen molar-refractivity contribution in [2.45, 2.75) is 26.3 Å². The number of carbonyl (C=O) groups excluding carboxylic acids is 1. The van der Waals surface area contributed by atoms with E-state index in [0.717, 1.165) is 0 Å². The van der Waals surface area contributed by atoms with E-state index in [2.05, 4.69) is 0 Å². The molecule has 1 unspecified atom stereocenters. The molecule has 0 saturated carbocycles. The van der Waals surface area contributed by atoms with Crippen LogP contribution >= 0.6 is 0 Å². The maximum atomic E-state index is 12.0. The molecule has 1 rings (SSSR count). The van der Waals surface area contributed by atoms with E-state index in [-0.39, 0.29) is 11.7 Å². The monoisotopic (exact) mass is 191 g/mol. The molecule has 0 heterocycles. The summed E-state index contributed by atoms with van der Waals surface area (Å²) in [6.45, 7) is 5.70. The average molecular weight is 191 g/mol. The summed E-state index contributed by atoms with van der Waals surface area (Å²) in [5, 5.41) is 0. The molecule has 2 N–H and O–H groups in total. The molecule has 0 aliphatic heterocycles. The van der Waals surface area contributed by atoms with Crippen LogP contribution in [0, 0.1) is 5.92 Å². The maximum Gasteiger partial charge on any atom is 0.182 e. The Kier molecular flexibility index (Phi) is 3.06. The Hall–Kier alpha value is -1.15. The van der Waals surface area contributed by atoms with E-state index in [1.54, 1.807) is 19.1 Å². The minimum Gasteiger partial charge on any atom is -0.319 e. The van der Waals surface area contributed by atoms with Gasteiger partial charge in [-0.25, -0.2) is 0 Å². The molecular formula is C12H17NO. The Labute approximate surface area is 85.1 Å². The zero-order valence-electron chi connectivity index (χ0n) is 8.95. The van der Waals surface area contributed by atoms with Crippen molar-refractivity contribution in [2.24, 2.45) is 11.7 Å². The van der Waals surface area contributed by atoms with E-state index >= 15 is 0 Å². The molecule has 0 radical (unpaired) electrons. The standard InChI is InChI=1S/C12H17NO/c1-9(2)12(3,13)11(14)10-7-5-4-6-8-10/h4-9H,13H2,1-3H3. The first kappa shape index (κ1) is 10.9. The third-order valence-corrected chi connectivity index (χ3v) is 2.72. The highest BCUT2D eigenvalue weighted by atomic mass is 16.1. The first-order chi connectivity index (χ1) is 6.46. The van der Waals surface area contributed by atoms with Crippen LogP contribution in [0.1, 0.15) is 31.1 Å². The number of carbonyl (C=O) groups is 1. The molecule has 0 aromatic heterocycles.